The number of carbonyl (C=O) groups excluding carboxylic acids is 1. The fourth-order valence-corrected chi connectivity index (χ4v) is 2.60. The topological polar surface area (TPSA) is 50.8 Å². The van der Waals surface area contributed by atoms with Crippen molar-refractivity contribution in [3.05, 3.63) is 29.8 Å². The molecule has 0 aromatic heterocycles. The Morgan fingerprint density at radius 3 is 2.85 bits per heavy atom. The number of rotatable bonds is 6. The molecule has 20 heavy (non-hydrogen) atoms. The number of ether oxygens (including phenoxy) is 2. The van der Waals surface area contributed by atoms with Crippen molar-refractivity contribution in [1.29, 1.82) is 0 Å². The van der Waals surface area contributed by atoms with Crippen LogP contribution in [0.5, 0.6) is 5.75 Å². The first-order valence-electron chi connectivity index (χ1n) is 6.85. The molecule has 0 bridgehead atoms. The van der Waals surface area contributed by atoms with Gasteiger partial charge >= 0.3 is 0 Å². The zero-order valence-electron chi connectivity index (χ0n) is 12.3. The van der Waals surface area contributed by atoms with Crippen molar-refractivity contribution in [2.24, 2.45) is 0 Å². The average molecular weight is 278 g/mol. The first kappa shape index (κ1) is 14.8. The van der Waals surface area contributed by atoms with Gasteiger partial charge in [0.25, 0.3) is 0 Å². The normalized spacial score (nSPS) is 20.2. The number of nitrogens with zero attached hydrogens (tertiary/aromatic N) is 1. The smallest absolute Gasteiger partial charge is 0.238 e. The van der Waals surface area contributed by atoms with Crippen LogP contribution >= 0.6 is 0 Å². The van der Waals surface area contributed by atoms with E-state index in [0.29, 0.717) is 13.2 Å². The van der Waals surface area contributed by atoms with Gasteiger partial charge in [-0.3, -0.25) is 10.1 Å². The van der Waals surface area contributed by atoms with E-state index in [4.69, 9.17) is 9.47 Å². The highest BCUT2D eigenvalue weighted by Crippen LogP contribution is 2.31. The molecule has 0 radical (unpaired) electrons. The van der Waals surface area contributed by atoms with Crippen LogP contribution in [0, 0.1) is 0 Å². The van der Waals surface area contributed by atoms with Gasteiger partial charge in [-0.05, 0) is 19.4 Å². The van der Waals surface area contributed by atoms with Crippen LogP contribution in [0.1, 0.15) is 25.1 Å². The molecule has 1 amide bonds. The van der Waals surface area contributed by atoms with E-state index in [1.54, 1.807) is 14.2 Å². The fourth-order valence-electron chi connectivity index (χ4n) is 2.60. The van der Waals surface area contributed by atoms with E-state index in [1.165, 1.54) is 0 Å². The fraction of sp³-hybridized carbons (Fsp3) is 0.533. The van der Waals surface area contributed by atoms with Crippen molar-refractivity contribution in [3.8, 4) is 5.75 Å². The van der Waals surface area contributed by atoms with E-state index in [1.807, 2.05) is 36.1 Å². The van der Waals surface area contributed by atoms with E-state index in [9.17, 15) is 4.79 Å². The van der Waals surface area contributed by atoms with E-state index < -0.39 is 0 Å². The molecule has 1 aromatic carbocycles. The molecule has 2 unspecified atom stereocenters. The van der Waals surface area contributed by atoms with Crippen LogP contribution in [0.15, 0.2) is 24.3 Å². The monoisotopic (exact) mass is 278 g/mol. The molecule has 5 nitrogen and oxygen atoms in total. The number of para-hydroxylation sites is 1. The lowest BCUT2D eigenvalue weighted by atomic mass is 10.1. The van der Waals surface area contributed by atoms with Crippen molar-refractivity contribution in [2.75, 3.05) is 27.4 Å². The van der Waals surface area contributed by atoms with E-state index in [0.717, 1.165) is 17.7 Å². The molecular formula is C15H22N2O3. The highest BCUT2D eigenvalue weighted by atomic mass is 16.5. The third-order valence-corrected chi connectivity index (χ3v) is 3.66. The summed E-state index contributed by atoms with van der Waals surface area (Å²) in [6.45, 7) is 3.05. The minimum absolute atomic E-state index is 0.115. The molecule has 0 aliphatic carbocycles. The van der Waals surface area contributed by atoms with Crippen LogP contribution in [0.25, 0.3) is 0 Å². The Morgan fingerprint density at radius 1 is 1.40 bits per heavy atom. The summed E-state index contributed by atoms with van der Waals surface area (Å²) in [5.41, 5.74) is 0.991. The zero-order chi connectivity index (χ0) is 14.5. The van der Waals surface area contributed by atoms with Gasteiger partial charge in [-0.2, -0.15) is 0 Å². The minimum Gasteiger partial charge on any atom is -0.496 e. The third kappa shape index (κ3) is 2.94. The summed E-state index contributed by atoms with van der Waals surface area (Å²) in [5.74, 6) is 0.910. The summed E-state index contributed by atoms with van der Waals surface area (Å²) >= 11 is 0. The predicted octanol–water partition coefficient (Wildman–Crippen LogP) is 1.55. The van der Waals surface area contributed by atoms with Crippen molar-refractivity contribution in [3.63, 3.8) is 0 Å². The maximum absolute atomic E-state index is 12.1. The largest absolute Gasteiger partial charge is 0.496 e. The first-order valence-corrected chi connectivity index (χ1v) is 6.85. The molecule has 1 aromatic rings. The molecule has 1 saturated heterocycles. The lowest BCUT2D eigenvalue weighted by Crippen LogP contribution is -2.38. The zero-order valence-corrected chi connectivity index (χ0v) is 12.3. The van der Waals surface area contributed by atoms with Crippen LogP contribution in [0.3, 0.4) is 0 Å². The van der Waals surface area contributed by atoms with Crippen molar-refractivity contribution >= 4 is 5.91 Å². The van der Waals surface area contributed by atoms with Gasteiger partial charge in [-0.15, -0.1) is 0 Å². The van der Waals surface area contributed by atoms with Crippen LogP contribution in [-0.4, -0.2) is 44.2 Å². The minimum atomic E-state index is -0.134. The molecule has 1 aliphatic rings. The second kappa shape index (κ2) is 6.72. The number of carbonyl (C=O) groups is 1. The number of hydrogen-bond acceptors (Lipinski definition) is 4. The maximum Gasteiger partial charge on any atom is 0.238 e. The molecule has 1 heterocycles. The summed E-state index contributed by atoms with van der Waals surface area (Å²) in [6.07, 6.45) is 0.681. The number of methoxy groups -OCH3 is 2. The lowest BCUT2D eigenvalue weighted by Gasteiger charge is -2.31. The summed E-state index contributed by atoms with van der Waals surface area (Å²) in [4.78, 5) is 14.0. The number of amides is 1. The Balaban J connectivity index is 2.23. The molecule has 110 valence electrons. The number of benzene rings is 1. The summed E-state index contributed by atoms with van der Waals surface area (Å²) in [7, 11) is 3.32. The van der Waals surface area contributed by atoms with Gasteiger partial charge in [-0.1, -0.05) is 18.2 Å². The second-order valence-corrected chi connectivity index (χ2v) is 4.96. The summed E-state index contributed by atoms with van der Waals surface area (Å²) in [5, 5.41) is 3.26. The van der Waals surface area contributed by atoms with Gasteiger partial charge in [-0.25, -0.2) is 0 Å². The predicted molar refractivity (Wildman–Crippen MR) is 76.5 cm³/mol. The van der Waals surface area contributed by atoms with Crippen molar-refractivity contribution in [1.82, 2.24) is 10.2 Å². The summed E-state index contributed by atoms with van der Waals surface area (Å²) in [6, 6.07) is 7.91. The van der Waals surface area contributed by atoms with Gasteiger partial charge in [0, 0.05) is 25.3 Å². The molecule has 5 heteroatoms. The average Bonchev–Trinajstić information content (AvgIpc) is 2.86. The van der Waals surface area contributed by atoms with E-state index in [-0.39, 0.29) is 18.1 Å². The molecule has 1 N–H and O–H groups in total. The van der Waals surface area contributed by atoms with Crippen LogP contribution < -0.4 is 10.1 Å². The SMILES string of the molecule is COCCC(C)N1C(=O)CNC1c1ccccc1OC. The van der Waals surface area contributed by atoms with Gasteiger partial charge in [0.1, 0.15) is 11.9 Å². The molecule has 0 spiro atoms. The Bertz CT molecular complexity index is 464. The van der Waals surface area contributed by atoms with E-state index in [2.05, 4.69) is 5.32 Å². The quantitative estimate of drug-likeness (QED) is 0.858. The van der Waals surface area contributed by atoms with Gasteiger partial charge < -0.3 is 14.4 Å². The van der Waals surface area contributed by atoms with Gasteiger partial charge in [0.15, 0.2) is 0 Å². The number of hydrogen-bond donors (Lipinski definition) is 1. The molecule has 1 fully saturated rings. The molecule has 2 rings (SSSR count). The van der Waals surface area contributed by atoms with Crippen molar-refractivity contribution < 1.29 is 14.3 Å². The Kier molecular flexibility index (Phi) is 4.98. The molecular weight excluding hydrogens is 256 g/mol. The molecule has 2 atom stereocenters. The Hall–Kier alpha value is -1.59. The van der Waals surface area contributed by atoms with E-state index >= 15 is 0 Å². The van der Waals surface area contributed by atoms with Gasteiger partial charge in [0.2, 0.25) is 5.91 Å². The third-order valence-electron chi connectivity index (χ3n) is 3.66. The highest BCUT2D eigenvalue weighted by Gasteiger charge is 2.36. The molecule has 1 aliphatic heterocycles. The summed E-state index contributed by atoms with van der Waals surface area (Å²) < 4.78 is 10.5. The number of nitrogens with one attached hydrogen (secondary N) is 1. The lowest BCUT2D eigenvalue weighted by molar-refractivity contribution is -0.130. The van der Waals surface area contributed by atoms with Crippen LogP contribution in [-0.2, 0) is 9.53 Å². The second-order valence-electron chi connectivity index (χ2n) is 4.96. The highest BCUT2D eigenvalue weighted by molar-refractivity contribution is 5.81. The van der Waals surface area contributed by atoms with Crippen LogP contribution in [0.4, 0.5) is 0 Å². The Morgan fingerprint density at radius 2 is 2.15 bits per heavy atom. The van der Waals surface area contributed by atoms with Gasteiger partial charge in [0.05, 0.1) is 13.7 Å². The standard InChI is InChI=1S/C15H22N2O3/c1-11(8-9-19-2)17-14(18)10-16-15(17)12-6-4-5-7-13(12)20-3/h4-7,11,15-16H,8-10H2,1-3H3. The first-order chi connectivity index (χ1) is 9.69. The maximum atomic E-state index is 12.1. The van der Waals surface area contributed by atoms with Crippen molar-refractivity contribution in [2.45, 2.75) is 25.6 Å². The molecule has 0 saturated carbocycles. The Labute approximate surface area is 119 Å². The van der Waals surface area contributed by atoms with Crippen LogP contribution in [0.2, 0.25) is 0 Å².